The highest BCUT2D eigenvalue weighted by Crippen LogP contribution is 2.22. The molecule has 1 aromatic rings. The Hall–Kier alpha value is -1.76. The Kier molecular flexibility index (Phi) is 11.7. The summed E-state index contributed by atoms with van der Waals surface area (Å²) in [5.41, 5.74) is 0.787. The summed E-state index contributed by atoms with van der Waals surface area (Å²) in [6, 6.07) is 6.71. The average Bonchev–Trinajstić information content (AvgIpc) is 2.88. The number of hydrogen-bond acceptors (Lipinski definition) is 5. The van der Waals surface area contributed by atoms with Crippen molar-refractivity contribution < 1.29 is 19.2 Å². The molecule has 1 heterocycles. The lowest BCUT2D eigenvalue weighted by Crippen LogP contribution is -2.34. The van der Waals surface area contributed by atoms with E-state index in [1.54, 1.807) is 31.4 Å². The van der Waals surface area contributed by atoms with E-state index in [1.165, 1.54) is 0 Å². The first-order chi connectivity index (χ1) is 11.6. The third-order valence-corrected chi connectivity index (χ3v) is 3.13. The van der Waals surface area contributed by atoms with Crippen LogP contribution in [0.2, 0.25) is 0 Å². The number of benzene rings is 1. The summed E-state index contributed by atoms with van der Waals surface area (Å²) in [6.07, 6.45) is 0. The van der Waals surface area contributed by atoms with Crippen LogP contribution in [0.1, 0.15) is 48.4 Å². The Bertz CT molecular complexity index is 471. The number of rotatable bonds is 7. The van der Waals surface area contributed by atoms with Crippen molar-refractivity contribution in [2.24, 2.45) is 0 Å². The standard InChI is InChI=1S/C14H18N2O4.2C2H6/c1-15(7-9-19-2)8-10-20-16-13(17)11-5-3-4-6-12(11)14(16)18;2*1-2/h3-6H,7-10H2,1-2H3;2*1-2H3. The second-order valence-corrected chi connectivity index (χ2v) is 4.58. The van der Waals surface area contributed by atoms with Gasteiger partial charge in [-0.15, -0.1) is 5.06 Å². The molecule has 0 unspecified atom stereocenters. The lowest BCUT2D eigenvalue weighted by Gasteiger charge is -2.18. The van der Waals surface area contributed by atoms with Gasteiger partial charge in [-0.25, -0.2) is 0 Å². The Balaban J connectivity index is 0.00000123. The highest BCUT2D eigenvalue weighted by Gasteiger charge is 2.36. The van der Waals surface area contributed by atoms with Crippen LogP contribution < -0.4 is 0 Å². The minimum Gasteiger partial charge on any atom is -0.383 e. The van der Waals surface area contributed by atoms with E-state index in [1.807, 2.05) is 39.6 Å². The molecule has 6 heteroatoms. The smallest absolute Gasteiger partial charge is 0.285 e. The molecule has 0 saturated heterocycles. The van der Waals surface area contributed by atoms with Gasteiger partial charge < -0.3 is 9.64 Å². The van der Waals surface area contributed by atoms with Crippen LogP contribution in [0.15, 0.2) is 24.3 Å². The normalized spacial score (nSPS) is 12.4. The molecule has 0 saturated carbocycles. The first-order valence-corrected chi connectivity index (χ1v) is 8.43. The van der Waals surface area contributed by atoms with Crippen LogP contribution in [0.4, 0.5) is 0 Å². The zero-order valence-corrected chi connectivity index (χ0v) is 15.7. The van der Waals surface area contributed by atoms with Gasteiger partial charge in [0.1, 0.15) is 0 Å². The van der Waals surface area contributed by atoms with Crippen LogP contribution >= 0.6 is 0 Å². The summed E-state index contributed by atoms with van der Waals surface area (Å²) >= 11 is 0. The molecule has 0 bridgehead atoms. The van der Waals surface area contributed by atoms with Crippen molar-refractivity contribution >= 4 is 11.8 Å². The number of likely N-dealkylation sites (N-methyl/N-ethyl adjacent to an activating group) is 1. The van der Waals surface area contributed by atoms with Gasteiger partial charge in [-0.05, 0) is 19.2 Å². The molecule has 2 rings (SSSR count). The van der Waals surface area contributed by atoms with Gasteiger partial charge in [0, 0.05) is 20.2 Å². The maximum Gasteiger partial charge on any atom is 0.285 e. The number of hydroxylamine groups is 2. The van der Waals surface area contributed by atoms with Crippen molar-refractivity contribution in [3.05, 3.63) is 35.4 Å². The molecule has 24 heavy (non-hydrogen) atoms. The molecule has 1 aromatic carbocycles. The highest BCUT2D eigenvalue weighted by atomic mass is 16.7. The quantitative estimate of drug-likeness (QED) is 0.716. The second kappa shape index (κ2) is 12.6. The summed E-state index contributed by atoms with van der Waals surface area (Å²) in [6.45, 7) is 10.3. The molecule has 0 aromatic heterocycles. The van der Waals surface area contributed by atoms with Crippen molar-refractivity contribution in [3.63, 3.8) is 0 Å². The van der Waals surface area contributed by atoms with Gasteiger partial charge >= 0.3 is 0 Å². The number of fused-ring (bicyclic) bond motifs is 1. The minimum atomic E-state index is -0.398. The van der Waals surface area contributed by atoms with Crippen molar-refractivity contribution in [2.75, 3.05) is 40.5 Å². The van der Waals surface area contributed by atoms with Gasteiger partial charge in [-0.2, -0.15) is 0 Å². The molecule has 6 nitrogen and oxygen atoms in total. The lowest BCUT2D eigenvalue weighted by molar-refractivity contribution is -0.0950. The molecule has 0 aliphatic carbocycles. The zero-order valence-electron chi connectivity index (χ0n) is 15.7. The average molecular weight is 338 g/mol. The molecule has 1 aliphatic rings. The Morgan fingerprint density at radius 1 is 0.917 bits per heavy atom. The van der Waals surface area contributed by atoms with Crippen LogP contribution in [0.5, 0.6) is 0 Å². The molecular formula is C18H30N2O4. The summed E-state index contributed by atoms with van der Waals surface area (Å²) in [4.78, 5) is 31.3. The Morgan fingerprint density at radius 3 is 1.83 bits per heavy atom. The topological polar surface area (TPSA) is 59.1 Å². The maximum atomic E-state index is 12.0. The maximum absolute atomic E-state index is 12.0. The van der Waals surface area contributed by atoms with Crippen molar-refractivity contribution in [3.8, 4) is 0 Å². The Labute approximate surface area is 145 Å². The molecule has 0 radical (unpaired) electrons. The SMILES string of the molecule is CC.CC.COCCN(C)CCON1C(=O)c2ccccc2C1=O. The number of methoxy groups -OCH3 is 1. The lowest BCUT2D eigenvalue weighted by atomic mass is 10.1. The number of hydrogen-bond donors (Lipinski definition) is 0. The van der Waals surface area contributed by atoms with E-state index in [2.05, 4.69) is 0 Å². The van der Waals surface area contributed by atoms with Crippen LogP contribution in [-0.2, 0) is 9.57 Å². The largest absolute Gasteiger partial charge is 0.383 e. The number of nitrogens with zero attached hydrogens (tertiary/aromatic N) is 2. The van der Waals surface area contributed by atoms with Gasteiger partial charge in [0.2, 0.25) is 0 Å². The third kappa shape index (κ3) is 6.03. The Morgan fingerprint density at radius 2 is 1.38 bits per heavy atom. The zero-order chi connectivity index (χ0) is 18.5. The monoisotopic (exact) mass is 338 g/mol. The van der Waals surface area contributed by atoms with Gasteiger partial charge in [-0.1, -0.05) is 39.8 Å². The van der Waals surface area contributed by atoms with E-state index in [0.29, 0.717) is 24.3 Å². The van der Waals surface area contributed by atoms with Gasteiger partial charge in [0.25, 0.3) is 11.8 Å². The van der Waals surface area contributed by atoms with Crippen LogP contribution in [0.3, 0.4) is 0 Å². The van der Waals surface area contributed by atoms with Gasteiger partial charge in [0.05, 0.1) is 24.3 Å². The fourth-order valence-electron chi connectivity index (χ4n) is 1.93. The molecule has 0 N–H and O–H groups in total. The summed E-state index contributed by atoms with van der Waals surface area (Å²) in [5, 5.41) is 0.842. The molecule has 136 valence electrons. The van der Waals surface area contributed by atoms with Crippen LogP contribution in [0, 0.1) is 0 Å². The number of imide groups is 1. The fraction of sp³-hybridized carbons (Fsp3) is 0.556. The van der Waals surface area contributed by atoms with E-state index < -0.39 is 11.8 Å². The van der Waals surface area contributed by atoms with E-state index >= 15 is 0 Å². The molecule has 0 atom stereocenters. The molecular weight excluding hydrogens is 308 g/mol. The van der Waals surface area contributed by atoms with Crippen molar-refractivity contribution in [1.82, 2.24) is 9.96 Å². The number of carbonyl (C=O) groups is 2. The second-order valence-electron chi connectivity index (χ2n) is 4.58. The van der Waals surface area contributed by atoms with E-state index in [9.17, 15) is 9.59 Å². The van der Waals surface area contributed by atoms with Crippen LogP contribution in [0.25, 0.3) is 0 Å². The molecule has 2 amide bonds. The van der Waals surface area contributed by atoms with Crippen molar-refractivity contribution in [2.45, 2.75) is 27.7 Å². The number of carbonyl (C=O) groups excluding carboxylic acids is 2. The third-order valence-electron chi connectivity index (χ3n) is 3.13. The van der Waals surface area contributed by atoms with E-state index in [-0.39, 0.29) is 6.61 Å². The summed E-state index contributed by atoms with van der Waals surface area (Å²) in [7, 11) is 3.56. The molecule has 1 aliphatic heterocycles. The van der Waals surface area contributed by atoms with Crippen LogP contribution in [-0.4, -0.2) is 62.2 Å². The van der Waals surface area contributed by atoms with E-state index in [4.69, 9.17) is 9.57 Å². The van der Waals surface area contributed by atoms with Gasteiger partial charge in [-0.3, -0.25) is 14.4 Å². The summed E-state index contributed by atoms with van der Waals surface area (Å²) in [5.74, 6) is -0.796. The number of amides is 2. The summed E-state index contributed by atoms with van der Waals surface area (Å²) < 4.78 is 4.97. The highest BCUT2D eigenvalue weighted by molar-refractivity contribution is 6.20. The first-order valence-electron chi connectivity index (χ1n) is 8.43. The molecule has 0 fully saturated rings. The molecule has 0 spiro atoms. The first kappa shape index (κ1) is 22.2. The fourth-order valence-corrected chi connectivity index (χ4v) is 1.93. The van der Waals surface area contributed by atoms with Gasteiger partial charge in [0.15, 0.2) is 0 Å². The number of ether oxygens (including phenoxy) is 1. The predicted molar refractivity (Wildman–Crippen MR) is 95.0 cm³/mol. The minimum absolute atomic E-state index is 0.270. The van der Waals surface area contributed by atoms with E-state index in [0.717, 1.165) is 11.6 Å². The predicted octanol–water partition coefficient (Wildman–Crippen LogP) is 2.84. The van der Waals surface area contributed by atoms with Crippen molar-refractivity contribution in [1.29, 1.82) is 0 Å².